The highest BCUT2D eigenvalue weighted by Gasteiger charge is 2.14. The number of thioether (sulfide) groups is 1. The van der Waals surface area contributed by atoms with Crippen LogP contribution in [0.2, 0.25) is 0 Å². The van der Waals surface area contributed by atoms with Gasteiger partial charge in [0, 0.05) is 11.9 Å². The predicted octanol–water partition coefficient (Wildman–Crippen LogP) is 1.66. The summed E-state index contributed by atoms with van der Waals surface area (Å²) in [6.07, 6.45) is 1.71. The van der Waals surface area contributed by atoms with Crippen LogP contribution in [-0.4, -0.2) is 26.3 Å². The number of carboxylic acids is 1. The Hall–Kier alpha value is -1.10. The fraction of sp³-hybridized carbons (Fsp3) is 0.444. The molecule has 76 valence electrons. The van der Waals surface area contributed by atoms with E-state index < -0.39 is 11.2 Å². The van der Waals surface area contributed by atoms with Crippen LogP contribution in [0, 0.1) is 13.8 Å². The lowest BCUT2D eigenvalue weighted by molar-refractivity contribution is -0.136. The summed E-state index contributed by atoms with van der Waals surface area (Å²) in [5.74, 6) is -0.850. The number of hydrogen-bond acceptors (Lipinski definition) is 4. The normalized spacial score (nSPS) is 12.5. The molecule has 1 aromatic rings. The van der Waals surface area contributed by atoms with Crippen molar-refractivity contribution in [2.24, 2.45) is 0 Å². The van der Waals surface area contributed by atoms with Gasteiger partial charge in [-0.05, 0) is 26.3 Å². The molecule has 0 aliphatic heterocycles. The van der Waals surface area contributed by atoms with Gasteiger partial charge in [0.25, 0.3) is 0 Å². The number of carboxylic acid groups (broad SMARTS) is 1. The molecule has 5 heteroatoms. The van der Waals surface area contributed by atoms with Crippen molar-refractivity contribution in [2.45, 2.75) is 31.2 Å². The topological polar surface area (TPSA) is 63.1 Å². The van der Waals surface area contributed by atoms with Gasteiger partial charge in [0.1, 0.15) is 5.25 Å². The molecule has 0 bridgehead atoms. The molecule has 1 atom stereocenters. The van der Waals surface area contributed by atoms with Crippen molar-refractivity contribution in [3.05, 3.63) is 17.5 Å². The number of hydrogen-bond donors (Lipinski definition) is 1. The van der Waals surface area contributed by atoms with Gasteiger partial charge in [0.2, 0.25) is 0 Å². The first-order chi connectivity index (χ1) is 6.50. The van der Waals surface area contributed by atoms with Gasteiger partial charge in [-0.1, -0.05) is 11.8 Å². The lowest BCUT2D eigenvalue weighted by atomic mass is 10.3. The number of nitrogens with zero attached hydrogens (tertiary/aromatic N) is 2. The Bertz CT molecular complexity index is 355. The van der Waals surface area contributed by atoms with E-state index >= 15 is 0 Å². The molecule has 0 aliphatic carbocycles. The monoisotopic (exact) mass is 212 g/mol. The number of aryl methyl sites for hydroxylation is 2. The molecule has 0 spiro atoms. The maximum absolute atomic E-state index is 10.6. The quantitative estimate of drug-likeness (QED) is 0.609. The van der Waals surface area contributed by atoms with E-state index in [0.717, 1.165) is 23.0 Å². The summed E-state index contributed by atoms with van der Waals surface area (Å²) in [5, 5.41) is 8.69. The Kier molecular flexibility index (Phi) is 3.46. The molecule has 0 radical (unpaired) electrons. The highest BCUT2D eigenvalue weighted by molar-refractivity contribution is 8.00. The van der Waals surface area contributed by atoms with E-state index in [-0.39, 0.29) is 0 Å². The molecule has 0 aliphatic rings. The van der Waals surface area contributed by atoms with Crippen LogP contribution in [0.15, 0.2) is 11.4 Å². The van der Waals surface area contributed by atoms with Gasteiger partial charge < -0.3 is 5.11 Å². The Morgan fingerprint density at radius 3 is 2.71 bits per heavy atom. The molecule has 1 heterocycles. The van der Waals surface area contributed by atoms with Crippen molar-refractivity contribution < 1.29 is 9.90 Å². The van der Waals surface area contributed by atoms with Crippen molar-refractivity contribution in [2.75, 3.05) is 0 Å². The minimum atomic E-state index is -0.850. The lowest BCUT2D eigenvalue weighted by Gasteiger charge is -2.05. The predicted molar refractivity (Wildman–Crippen MR) is 54.5 cm³/mol. The van der Waals surface area contributed by atoms with Gasteiger partial charge in [0.15, 0.2) is 5.16 Å². The van der Waals surface area contributed by atoms with Gasteiger partial charge in [-0.15, -0.1) is 0 Å². The first-order valence-corrected chi connectivity index (χ1v) is 5.08. The minimum absolute atomic E-state index is 0.517. The van der Waals surface area contributed by atoms with Crippen LogP contribution in [0.25, 0.3) is 0 Å². The van der Waals surface area contributed by atoms with Crippen LogP contribution in [-0.2, 0) is 4.79 Å². The fourth-order valence-corrected chi connectivity index (χ4v) is 1.49. The maximum Gasteiger partial charge on any atom is 0.316 e. The zero-order chi connectivity index (χ0) is 10.7. The SMILES string of the molecule is Cc1cnc(SC(C)C(=O)O)nc1C. The van der Waals surface area contributed by atoms with E-state index in [2.05, 4.69) is 9.97 Å². The van der Waals surface area contributed by atoms with Gasteiger partial charge in [-0.2, -0.15) is 0 Å². The Labute approximate surface area is 86.8 Å². The van der Waals surface area contributed by atoms with Crippen molar-refractivity contribution in [3.8, 4) is 0 Å². The Balaban J connectivity index is 2.78. The molecule has 0 fully saturated rings. The average molecular weight is 212 g/mol. The van der Waals surface area contributed by atoms with E-state index in [9.17, 15) is 4.79 Å². The smallest absolute Gasteiger partial charge is 0.316 e. The highest BCUT2D eigenvalue weighted by atomic mass is 32.2. The van der Waals surface area contributed by atoms with Crippen LogP contribution in [0.3, 0.4) is 0 Å². The van der Waals surface area contributed by atoms with E-state index in [1.165, 1.54) is 0 Å². The molecular formula is C9H12N2O2S. The largest absolute Gasteiger partial charge is 0.480 e. The van der Waals surface area contributed by atoms with E-state index in [0.29, 0.717) is 5.16 Å². The minimum Gasteiger partial charge on any atom is -0.480 e. The van der Waals surface area contributed by atoms with Crippen LogP contribution in [0.5, 0.6) is 0 Å². The summed E-state index contributed by atoms with van der Waals surface area (Å²) >= 11 is 1.15. The van der Waals surface area contributed by atoms with Crippen molar-refractivity contribution in [3.63, 3.8) is 0 Å². The van der Waals surface area contributed by atoms with Gasteiger partial charge in [0.05, 0.1) is 0 Å². The molecule has 1 N–H and O–H groups in total. The molecule has 14 heavy (non-hydrogen) atoms. The summed E-state index contributed by atoms with van der Waals surface area (Å²) in [4.78, 5) is 18.8. The molecule has 1 aromatic heterocycles. The zero-order valence-electron chi connectivity index (χ0n) is 8.31. The van der Waals surface area contributed by atoms with Crippen LogP contribution >= 0.6 is 11.8 Å². The van der Waals surface area contributed by atoms with Crippen LogP contribution in [0.1, 0.15) is 18.2 Å². The van der Waals surface area contributed by atoms with Gasteiger partial charge in [-0.25, -0.2) is 9.97 Å². The zero-order valence-corrected chi connectivity index (χ0v) is 9.13. The average Bonchev–Trinajstić information content (AvgIpc) is 2.11. The van der Waals surface area contributed by atoms with Crippen LogP contribution in [0.4, 0.5) is 0 Å². The third-order valence-electron chi connectivity index (χ3n) is 1.83. The molecule has 1 unspecified atom stereocenters. The van der Waals surface area contributed by atoms with Crippen molar-refractivity contribution >= 4 is 17.7 Å². The van der Waals surface area contributed by atoms with Crippen LogP contribution < -0.4 is 0 Å². The number of carbonyl (C=O) groups is 1. The summed E-state index contributed by atoms with van der Waals surface area (Å²) in [6, 6.07) is 0. The van der Waals surface area contributed by atoms with Crippen molar-refractivity contribution in [1.29, 1.82) is 0 Å². The molecular weight excluding hydrogens is 200 g/mol. The highest BCUT2D eigenvalue weighted by Crippen LogP contribution is 2.19. The molecule has 0 saturated heterocycles. The first-order valence-electron chi connectivity index (χ1n) is 4.20. The number of aliphatic carboxylic acids is 1. The third-order valence-corrected chi connectivity index (χ3v) is 2.80. The summed E-state index contributed by atoms with van der Waals surface area (Å²) in [7, 11) is 0. The molecule has 0 amide bonds. The standard InChI is InChI=1S/C9H12N2O2S/c1-5-4-10-9(11-6(5)2)14-7(3)8(12)13/h4,7H,1-3H3,(H,12,13). The summed E-state index contributed by atoms with van der Waals surface area (Å²) in [6.45, 7) is 5.42. The number of aromatic nitrogens is 2. The molecule has 0 saturated carbocycles. The van der Waals surface area contributed by atoms with Crippen molar-refractivity contribution in [1.82, 2.24) is 9.97 Å². The Morgan fingerprint density at radius 1 is 1.57 bits per heavy atom. The molecule has 0 aromatic carbocycles. The van der Waals surface area contributed by atoms with E-state index in [1.54, 1.807) is 13.1 Å². The Morgan fingerprint density at radius 2 is 2.21 bits per heavy atom. The van der Waals surface area contributed by atoms with E-state index in [1.807, 2.05) is 13.8 Å². The van der Waals surface area contributed by atoms with E-state index in [4.69, 9.17) is 5.11 Å². The van der Waals surface area contributed by atoms with Gasteiger partial charge in [-0.3, -0.25) is 4.79 Å². The second kappa shape index (κ2) is 4.41. The van der Waals surface area contributed by atoms with Gasteiger partial charge >= 0.3 is 5.97 Å². The second-order valence-corrected chi connectivity index (χ2v) is 4.33. The first kappa shape index (κ1) is 11.0. The summed E-state index contributed by atoms with van der Waals surface area (Å²) in [5.41, 5.74) is 1.90. The number of rotatable bonds is 3. The second-order valence-electron chi connectivity index (χ2n) is 3.02. The molecule has 4 nitrogen and oxygen atoms in total. The third kappa shape index (κ3) is 2.70. The molecule has 1 rings (SSSR count). The fourth-order valence-electron chi connectivity index (χ4n) is 0.771. The summed E-state index contributed by atoms with van der Waals surface area (Å²) < 4.78 is 0. The lowest BCUT2D eigenvalue weighted by Crippen LogP contribution is -2.12. The maximum atomic E-state index is 10.6.